The van der Waals surface area contributed by atoms with E-state index in [1.54, 1.807) is 36.0 Å². The average molecular weight is 465 g/mol. The third-order valence-corrected chi connectivity index (χ3v) is 5.51. The van der Waals surface area contributed by atoms with Gasteiger partial charge in [-0.15, -0.1) is 0 Å². The number of nitrogens with zero attached hydrogens (tertiary/aromatic N) is 4. The summed E-state index contributed by atoms with van der Waals surface area (Å²) >= 11 is 1.56. The van der Waals surface area contributed by atoms with Gasteiger partial charge in [-0.05, 0) is 48.5 Å². The van der Waals surface area contributed by atoms with Crippen LogP contribution < -0.4 is 10.6 Å². The number of rotatable bonds is 10. The fourth-order valence-electron chi connectivity index (χ4n) is 2.88. The van der Waals surface area contributed by atoms with Crippen LogP contribution >= 0.6 is 11.8 Å². The first-order valence-electron chi connectivity index (χ1n) is 10.1. The predicted molar refractivity (Wildman–Crippen MR) is 123 cm³/mol. The molecule has 2 heterocycles. The standard InChI is InChI=1S/C22H20N6O4S/c29-19(25-17-5-1-15(2-6-17)21-23-13-31-27-21)9-11-33-12-10-20(30)26-18-7-3-16(4-8-18)22-24-14-32-28-22/h1-8,13-14H,9-12H2,(H,25,29)(H,26,30). The summed E-state index contributed by atoms with van der Waals surface area (Å²) in [5.41, 5.74) is 3.00. The van der Waals surface area contributed by atoms with Gasteiger partial charge in [0.15, 0.2) is 0 Å². The quantitative estimate of drug-likeness (QED) is 0.335. The van der Waals surface area contributed by atoms with E-state index in [9.17, 15) is 9.59 Å². The summed E-state index contributed by atoms with van der Waals surface area (Å²) in [4.78, 5) is 32.2. The minimum absolute atomic E-state index is 0.0824. The summed E-state index contributed by atoms with van der Waals surface area (Å²) in [7, 11) is 0. The molecule has 2 N–H and O–H groups in total. The van der Waals surface area contributed by atoms with E-state index in [1.165, 1.54) is 12.8 Å². The van der Waals surface area contributed by atoms with Gasteiger partial charge in [0.2, 0.25) is 36.3 Å². The molecule has 0 bridgehead atoms. The van der Waals surface area contributed by atoms with E-state index in [-0.39, 0.29) is 11.8 Å². The van der Waals surface area contributed by atoms with Gasteiger partial charge in [0, 0.05) is 46.8 Å². The van der Waals surface area contributed by atoms with Crippen LogP contribution in [0.2, 0.25) is 0 Å². The Kier molecular flexibility index (Phi) is 7.44. The lowest BCUT2D eigenvalue weighted by Gasteiger charge is -2.07. The summed E-state index contributed by atoms with van der Waals surface area (Å²) in [6.45, 7) is 0. The van der Waals surface area contributed by atoms with E-state index in [0.29, 0.717) is 47.4 Å². The van der Waals surface area contributed by atoms with Crippen molar-refractivity contribution in [2.24, 2.45) is 0 Å². The van der Waals surface area contributed by atoms with Gasteiger partial charge in [-0.25, -0.2) is 0 Å². The molecule has 0 unspecified atom stereocenters. The second kappa shape index (κ2) is 11.0. The molecule has 0 aliphatic heterocycles. The Hall–Kier alpha value is -3.99. The number of benzene rings is 2. The first kappa shape index (κ1) is 22.2. The molecular weight excluding hydrogens is 444 g/mol. The Labute approximate surface area is 193 Å². The van der Waals surface area contributed by atoms with Crippen molar-refractivity contribution >= 4 is 35.0 Å². The molecule has 0 saturated heterocycles. The largest absolute Gasteiger partial charge is 0.342 e. The number of nitrogens with one attached hydrogen (secondary N) is 2. The van der Waals surface area contributed by atoms with Gasteiger partial charge in [-0.3, -0.25) is 9.59 Å². The maximum absolute atomic E-state index is 12.1. The summed E-state index contributed by atoms with van der Waals surface area (Å²) in [5, 5.41) is 13.2. The topological polar surface area (TPSA) is 136 Å². The lowest BCUT2D eigenvalue weighted by molar-refractivity contribution is -0.116. The molecule has 33 heavy (non-hydrogen) atoms. The molecule has 4 aromatic rings. The van der Waals surface area contributed by atoms with E-state index in [1.807, 2.05) is 24.3 Å². The summed E-state index contributed by atoms with van der Waals surface area (Å²) in [6.07, 6.45) is 3.25. The Bertz CT molecular complexity index is 1070. The number of hydrogen-bond acceptors (Lipinski definition) is 9. The van der Waals surface area contributed by atoms with E-state index >= 15 is 0 Å². The van der Waals surface area contributed by atoms with Crippen LogP contribution in [-0.2, 0) is 9.59 Å². The first-order valence-corrected chi connectivity index (χ1v) is 11.2. The Morgan fingerprint density at radius 3 is 1.48 bits per heavy atom. The molecule has 0 spiro atoms. The molecule has 4 rings (SSSR count). The zero-order valence-corrected chi connectivity index (χ0v) is 18.2. The summed E-state index contributed by atoms with van der Waals surface area (Å²) in [6, 6.07) is 14.4. The van der Waals surface area contributed by atoms with Crippen LogP contribution in [0.3, 0.4) is 0 Å². The molecule has 0 aliphatic carbocycles. The van der Waals surface area contributed by atoms with Gasteiger partial charge in [0.05, 0.1) is 0 Å². The van der Waals surface area contributed by atoms with Gasteiger partial charge in [0.1, 0.15) is 0 Å². The normalized spacial score (nSPS) is 10.7. The van der Waals surface area contributed by atoms with Crippen molar-refractivity contribution < 1.29 is 18.6 Å². The van der Waals surface area contributed by atoms with Crippen LogP contribution in [0.5, 0.6) is 0 Å². The van der Waals surface area contributed by atoms with Crippen molar-refractivity contribution in [1.29, 1.82) is 0 Å². The van der Waals surface area contributed by atoms with Crippen LogP contribution in [-0.4, -0.2) is 43.6 Å². The highest BCUT2D eigenvalue weighted by molar-refractivity contribution is 7.99. The molecular formula is C22H20N6O4S. The highest BCUT2D eigenvalue weighted by atomic mass is 32.2. The predicted octanol–water partition coefficient (Wildman–Crippen LogP) is 3.88. The average Bonchev–Trinajstić information content (AvgIpc) is 3.55. The molecule has 2 aromatic carbocycles. The van der Waals surface area contributed by atoms with Crippen molar-refractivity contribution in [2.45, 2.75) is 12.8 Å². The van der Waals surface area contributed by atoms with Crippen molar-refractivity contribution in [3.05, 3.63) is 61.3 Å². The zero-order valence-electron chi connectivity index (χ0n) is 17.4. The fourth-order valence-corrected chi connectivity index (χ4v) is 3.74. The summed E-state index contributed by atoms with van der Waals surface area (Å²) in [5.74, 6) is 2.07. The van der Waals surface area contributed by atoms with Gasteiger partial charge >= 0.3 is 0 Å². The smallest absolute Gasteiger partial charge is 0.225 e. The van der Waals surface area contributed by atoms with E-state index in [2.05, 4.69) is 30.9 Å². The maximum atomic E-state index is 12.1. The number of amides is 2. The number of carbonyl (C=O) groups excluding carboxylic acids is 2. The maximum Gasteiger partial charge on any atom is 0.225 e. The number of hydrogen-bond donors (Lipinski definition) is 2. The molecule has 11 heteroatoms. The second-order valence-corrected chi connectivity index (χ2v) is 8.10. The third kappa shape index (κ3) is 6.50. The Morgan fingerprint density at radius 1 is 0.697 bits per heavy atom. The Morgan fingerprint density at radius 2 is 1.12 bits per heavy atom. The molecule has 0 radical (unpaired) electrons. The van der Waals surface area contributed by atoms with Gasteiger partial charge in [0.25, 0.3) is 0 Å². The molecule has 2 aromatic heterocycles. The molecule has 10 nitrogen and oxygen atoms in total. The molecule has 2 amide bonds. The van der Waals surface area contributed by atoms with E-state index in [4.69, 9.17) is 9.05 Å². The van der Waals surface area contributed by atoms with Crippen LogP contribution in [0.4, 0.5) is 11.4 Å². The highest BCUT2D eigenvalue weighted by Crippen LogP contribution is 2.19. The molecule has 0 aliphatic rings. The first-order chi connectivity index (χ1) is 16.2. The van der Waals surface area contributed by atoms with Crippen molar-refractivity contribution in [3.63, 3.8) is 0 Å². The molecule has 0 saturated carbocycles. The Balaban J connectivity index is 1.11. The minimum atomic E-state index is -0.0824. The number of carbonyl (C=O) groups is 2. The fraction of sp³-hybridized carbons (Fsp3) is 0.182. The molecule has 0 atom stereocenters. The van der Waals surface area contributed by atoms with E-state index in [0.717, 1.165) is 11.1 Å². The molecule has 168 valence electrons. The van der Waals surface area contributed by atoms with Crippen LogP contribution in [0, 0.1) is 0 Å². The van der Waals surface area contributed by atoms with Crippen molar-refractivity contribution in [1.82, 2.24) is 20.3 Å². The third-order valence-electron chi connectivity index (χ3n) is 4.52. The van der Waals surface area contributed by atoms with Gasteiger partial charge < -0.3 is 19.7 Å². The summed E-state index contributed by atoms with van der Waals surface area (Å²) < 4.78 is 9.45. The van der Waals surface area contributed by atoms with E-state index < -0.39 is 0 Å². The highest BCUT2D eigenvalue weighted by Gasteiger charge is 2.08. The number of thioether (sulfide) groups is 1. The van der Waals surface area contributed by atoms with Gasteiger partial charge in [-0.2, -0.15) is 21.7 Å². The second-order valence-electron chi connectivity index (χ2n) is 6.87. The monoisotopic (exact) mass is 464 g/mol. The van der Waals surface area contributed by atoms with Gasteiger partial charge in [-0.1, -0.05) is 10.3 Å². The van der Waals surface area contributed by atoms with Crippen LogP contribution in [0.1, 0.15) is 12.8 Å². The molecule has 0 fully saturated rings. The minimum Gasteiger partial charge on any atom is -0.342 e. The van der Waals surface area contributed by atoms with Crippen LogP contribution in [0.25, 0.3) is 22.8 Å². The van der Waals surface area contributed by atoms with Crippen molar-refractivity contribution in [3.8, 4) is 22.8 Å². The SMILES string of the molecule is O=C(CCSCCC(=O)Nc1ccc(-c2ncon2)cc1)Nc1ccc(-c2ncon2)cc1. The lowest BCUT2D eigenvalue weighted by Crippen LogP contribution is -2.14. The van der Waals surface area contributed by atoms with Crippen LogP contribution in [0.15, 0.2) is 70.4 Å². The zero-order chi connectivity index (χ0) is 22.9. The number of aromatic nitrogens is 4. The van der Waals surface area contributed by atoms with Crippen molar-refractivity contribution in [2.75, 3.05) is 22.1 Å². The number of anilines is 2. The lowest BCUT2D eigenvalue weighted by atomic mass is 10.2.